The molecule has 0 aliphatic heterocycles. The highest BCUT2D eigenvalue weighted by Gasteiger charge is 2.42. The van der Waals surface area contributed by atoms with E-state index in [9.17, 15) is 18.4 Å². The summed E-state index contributed by atoms with van der Waals surface area (Å²) in [6, 6.07) is 5.41. The van der Waals surface area contributed by atoms with E-state index in [-0.39, 0.29) is 11.0 Å². The highest BCUT2D eigenvalue weighted by atomic mass is 35.5. The Bertz CT molecular complexity index is 867. The first kappa shape index (κ1) is 20.6. The first-order valence-electron chi connectivity index (χ1n) is 8.67. The number of halogens is 4. The van der Waals surface area contributed by atoms with Crippen LogP contribution >= 0.6 is 23.2 Å². The largest absolute Gasteiger partial charge is 0.344 e. The molecule has 1 aromatic heterocycles. The van der Waals surface area contributed by atoms with Crippen LogP contribution in [-0.2, 0) is 16.6 Å². The fourth-order valence-electron chi connectivity index (χ4n) is 3.36. The maximum Gasteiger partial charge on any atom is 0.315 e. The highest BCUT2D eigenvalue weighted by Crippen LogP contribution is 2.50. The third-order valence-corrected chi connectivity index (χ3v) is 5.58. The van der Waals surface area contributed by atoms with Crippen LogP contribution in [0.1, 0.15) is 41.0 Å². The van der Waals surface area contributed by atoms with Gasteiger partial charge in [-0.2, -0.15) is 8.78 Å². The molecule has 3 rings (SSSR count). The summed E-state index contributed by atoms with van der Waals surface area (Å²) in [6.45, 7) is -0.537. The number of ketones is 1. The molecular formula is C19H17Cl2F2N3O2. The van der Waals surface area contributed by atoms with Crippen LogP contribution in [0.3, 0.4) is 0 Å². The Balaban J connectivity index is 1.71. The van der Waals surface area contributed by atoms with E-state index in [2.05, 4.69) is 9.97 Å². The van der Waals surface area contributed by atoms with Gasteiger partial charge in [-0.25, -0.2) is 9.97 Å². The molecule has 1 aromatic carbocycles. The van der Waals surface area contributed by atoms with Gasteiger partial charge in [-0.15, -0.1) is 0 Å². The van der Waals surface area contributed by atoms with E-state index in [0.717, 1.165) is 24.8 Å². The minimum absolute atomic E-state index is 0.136. The Hall–Kier alpha value is -2.12. The van der Waals surface area contributed by atoms with Crippen LogP contribution < -0.4 is 5.32 Å². The molecule has 1 fully saturated rings. The number of carbonyl (C=O) groups is 2. The molecule has 0 spiro atoms. The second-order valence-electron chi connectivity index (χ2n) is 6.74. The minimum Gasteiger partial charge on any atom is -0.344 e. The van der Waals surface area contributed by atoms with Gasteiger partial charge in [-0.1, -0.05) is 35.7 Å². The van der Waals surface area contributed by atoms with E-state index in [4.69, 9.17) is 23.2 Å². The third-order valence-electron chi connectivity index (χ3n) is 4.95. The molecule has 0 unspecified atom stereocenters. The number of amides is 1. The molecule has 1 aliphatic rings. The van der Waals surface area contributed by atoms with Crippen molar-refractivity contribution in [2.24, 2.45) is 0 Å². The predicted octanol–water partition coefficient (Wildman–Crippen LogP) is 4.01. The zero-order valence-corrected chi connectivity index (χ0v) is 16.2. The number of nitrogens with one attached hydrogen (secondary N) is 1. The molecule has 2 aromatic rings. The monoisotopic (exact) mass is 427 g/mol. The summed E-state index contributed by atoms with van der Waals surface area (Å²) < 4.78 is 24.3. The Labute approximate surface area is 170 Å². The van der Waals surface area contributed by atoms with Crippen LogP contribution in [0.2, 0.25) is 10.0 Å². The smallest absolute Gasteiger partial charge is 0.315 e. The summed E-state index contributed by atoms with van der Waals surface area (Å²) in [7, 11) is 0. The summed E-state index contributed by atoms with van der Waals surface area (Å²) in [5.41, 5.74) is 0.784. The standard InChI is InChI=1S/C19H17Cl2F2N3O2/c20-12-3-1-4-13(21)16(12)19(5-2-6-19)7-15-24-8-11(9-25-15)14(27)10-26-18(28)17(22)23/h1,3-4,8-9,17H,2,5-7,10H2,(H,26,28). The average molecular weight is 428 g/mol. The molecule has 0 bridgehead atoms. The van der Waals surface area contributed by atoms with Crippen molar-refractivity contribution in [3.8, 4) is 0 Å². The molecule has 0 atom stereocenters. The lowest BCUT2D eigenvalue weighted by atomic mass is 9.62. The van der Waals surface area contributed by atoms with E-state index in [1.165, 1.54) is 12.4 Å². The predicted molar refractivity (Wildman–Crippen MR) is 101 cm³/mol. The summed E-state index contributed by atoms with van der Waals surface area (Å²) in [5, 5.41) is 3.07. The molecule has 148 valence electrons. The van der Waals surface area contributed by atoms with Crippen LogP contribution in [-0.4, -0.2) is 34.6 Å². The molecule has 0 saturated heterocycles. The summed E-state index contributed by atoms with van der Waals surface area (Å²) in [4.78, 5) is 31.3. The Morgan fingerprint density at radius 1 is 1.14 bits per heavy atom. The normalized spacial score (nSPS) is 15.2. The van der Waals surface area contributed by atoms with Gasteiger partial charge in [0.05, 0.1) is 12.1 Å². The maximum absolute atomic E-state index is 12.2. The minimum atomic E-state index is -3.17. The molecule has 1 amide bonds. The molecule has 0 radical (unpaired) electrons. The fourth-order valence-corrected chi connectivity index (χ4v) is 4.16. The van der Waals surface area contributed by atoms with Gasteiger partial charge in [0.25, 0.3) is 5.91 Å². The van der Waals surface area contributed by atoms with E-state index in [1.807, 2.05) is 5.32 Å². The van der Waals surface area contributed by atoms with Crippen molar-refractivity contribution in [1.29, 1.82) is 0 Å². The van der Waals surface area contributed by atoms with Gasteiger partial charge in [-0.3, -0.25) is 9.59 Å². The van der Waals surface area contributed by atoms with Crippen molar-refractivity contribution in [3.05, 3.63) is 57.6 Å². The highest BCUT2D eigenvalue weighted by molar-refractivity contribution is 6.36. The van der Waals surface area contributed by atoms with Gasteiger partial charge >= 0.3 is 6.43 Å². The van der Waals surface area contributed by atoms with E-state index < -0.39 is 24.7 Å². The number of aromatic nitrogens is 2. The maximum atomic E-state index is 12.2. The van der Waals surface area contributed by atoms with E-state index >= 15 is 0 Å². The zero-order valence-electron chi connectivity index (χ0n) is 14.7. The molecular weight excluding hydrogens is 411 g/mol. The van der Waals surface area contributed by atoms with Crippen molar-refractivity contribution in [2.45, 2.75) is 37.5 Å². The fraction of sp³-hybridized carbons (Fsp3) is 0.368. The van der Waals surface area contributed by atoms with Crippen molar-refractivity contribution in [2.75, 3.05) is 6.54 Å². The van der Waals surface area contributed by atoms with Gasteiger partial charge in [0, 0.05) is 34.3 Å². The van der Waals surface area contributed by atoms with Crippen LogP contribution in [0.15, 0.2) is 30.6 Å². The lowest BCUT2D eigenvalue weighted by Gasteiger charge is -2.43. The number of Topliss-reactive ketones (excluding diaryl/α,β-unsaturated/α-hetero) is 1. The van der Waals surface area contributed by atoms with Crippen molar-refractivity contribution >= 4 is 34.9 Å². The van der Waals surface area contributed by atoms with Crippen molar-refractivity contribution < 1.29 is 18.4 Å². The number of hydrogen-bond acceptors (Lipinski definition) is 4. The lowest BCUT2D eigenvalue weighted by Crippen LogP contribution is -2.38. The second-order valence-corrected chi connectivity index (χ2v) is 7.55. The quantitative estimate of drug-likeness (QED) is 0.677. The van der Waals surface area contributed by atoms with Gasteiger partial charge in [0.1, 0.15) is 5.82 Å². The summed E-state index contributed by atoms with van der Waals surface area (Å²) >= 11 is 12.8. The third kappa shape index (κ3) is 4.31. The molecule has 1 heterocycles. The van der Waals surface area contributed by atoms with Crippen LogP contribution in [0.5, 0.6) is 0 Å². The summed E-state index contributed by atoms with van der Waals surface area (Å²) in [6.07, 6.45) is 2.87. The first-order valence-corrected chi connectivity index (χ1v) is 9.42. The van der Waals surface area contributed by atoms with Crippen molar-refractivity contribution in [3.63, 3.8) is 0 Å². The number of rotatable bonds is 7. The molecule has 9 heteroatoms. The van der Waals surface area contributed by atoms with Gasteiger partial charge in [0.2, 0.25) is 0 Å². The molecule has 5 nitrogen and oxygen atoms in total. The van der Waals surface area contributed by atoms with Gasteiger partial charge in [0.15, 0.2) is 5.78 Å². The molecule has 1 aliphatic carbocycles. The molecule has 1 saturated carbocycles. The Morgan fingerprint density at radius 2 is 1.75 bits per heavy atom. The topological polar surface area (TPSA) is 72.0 Å². The number of benzene rings is 1. The van der Waals surface area contributed by atoms with Crippen LogP contribution in [0.25, 0.3) is 0 Å². The van der Waals surface area contributed by atoms with Gasteiger partial charge < -0.3 is 5.32 Å². The Morgan fingerprint density at radius 3 is 2.25 bits per heavy atom. The average Bonchev–Trinajstić information content (AvgIpc) is 2.63. The molecule has 1 N–H and O–H groups in total. The van der Waals surface area contributed by atoms with E-state index in [1.54, 1.807) is 18.2 Å². The second kappa shape index (κ2) is 8.49. The lowest BCUT2D eigenvalue weighted by molar-refractivity contribution is -0.131. The van der Waals surface area contributed by atoms with Crippen LogP contribution in [0, 0.1) is 0 Å². The Kier molecular flexibility index (Phi) is 6.25. The molecule has 28 heavy (non-hydrogen) atoms. The first-order chi connectivity index (χ1) is 13.3. The SMILES string of the molecule is O=C(CNC(=O)C(F)F)c1cnc(CC2(c3c(Cl)cccc3Cl)CCC2)nc1. The summed E-state index contributed by atoms with van der Waals surface area (Å²) in [5.74, 6) is -1.51. The number of alkyl halides is 2. The van der Waals surface area contributed by atoms with Gasteiger partial charge in [-0.05, 0) is 30.5 Å². The number of hydrogen-bond donors (Lipinski definition) is 1. The van der Waals surface area contributed by atoms with Crippen LogP contribution in [0.4, 0.5) is 8.78 Å². The van der Waals surface area contributed by atoms with E-state index in [0.29, 0.717) is 22.3 Å². The van der Waals surface area contributed by atoms with Crippen molar-refractivity contribution in [1.82, 2.24) is 15.3 Å². The number of nitrogens with zero attached hydrogens (tertiary/aromatic N) is 2. The zero-order chi connectivity index (χ0) is 20.3. The number of carbonyl (C=O) groups excluding carboxylic acids is 2.